The zero-order valence-electron chi connectivity index (χ0n) is 13.5. The summed E-state index contributed by atoms with van der Waals surface area (Å²) < 4.78 is 15.5. The maximum absolute atomic E-state index is 13.3. The number of fused-ring (bicyclic) bond motifs is 1. The predicted molar refractivity (Wildman–Crippen MR) is 87.5 cm³/mol. The molecule has 0 fully saturated rings. The number of rotatable bonds is 4. The molecule has 1 atom stereocenters. The summed E-state index contributed by atoms with van der Waals surface area (Å²) in [7, 11) is 0. The third-order valence-electron chi connectivity index (χ3n) is 4.12. The number of nitrogens with zero attached hydrogens (tertiary/aromatic N) is 2. The molecule has 1 aliphatic rings. The van der Waals surface area contributed by atoms with Gasteiger partial charge >= 0.3 is 0 Å². The van der Waals surface area contributed by atoms with Gasteiger partial charge in [-0.15, -0.1) is 0 Å². The van der Waals surface area contributed by atoms with Crippen LogP contribution < -0.4 is 5.32 Å². The van der Waals surface area contributed by atoms with Crippen molar-refractivity contribution in [1.29, 1.82) is 0 Å². The van der Waals surface area contributed by atoms with Crippen molar-refractivity contribution >= 4 is 5.91 Å². The summed E-state index contributed by atoms with van der Waals surface area (Å²) in [6.07, 6.45) is 2.05. The van der Waals surface area contributed by atoms with E-state index in [0.29, 0.717) is 6.54 Å². The molecule has 1 N–H and O–H groups in total. The van der Waals surface area contributed by atoms with Crippen LogP contribution in [0.5, 0.6) is 0 Å². The first-order chi connectivity index (χ1) is 11.0. The molecule has 1 amide bonds. The molecular formula is C18H22FN3O. The lowest BCUT2D eigenvalue weighted by atomic mass is 10.00. The fraction of sp³-hybridized carbons (Fsp3) is 0.389. The van der Waals surface area contributed by atoms with E-state index in [1.807, 2.05) is 19.9 Å². The van der Waals surface area contributed by atoms with E-state index >= 15 is 0 Å². The molecule has 0 saturated heterocycles. The van der Waals surface area contributed by atoms with Crippen molar-refractivity contribution < 1.29 is 9.18 Å². The minimum Gasteiger partial charge on any atom is -0.353 e. The topological polar surface area (TPSA) is 37.3 Å². The molecule has 3 rings (SSSR count). The Morgan fingerprint density at radius 1 is 1.26 bits per heavy atom. The number of aromatic nitrogens is 1. The minimum atomic E-state index is -0.246. The monoisotopic (exact) mass is 315 g/mol. The molecule has 0 aliphatic carbocycles. The summed E-state index contributed by atoms with van der Waals surface area (Å²) in [4.78, 5) is 14.3. The number of hydrogen-bond donors (Lipinski definition) is 1. The average molecular weight is 315 g/mol. The molecular weight excluding hydrogens is 293 g/mol. The Bertz CT molecular complexity index is 678. The molecule has 23 heavy (non-hydrogen) atoms. The molecule has 122 valence electrons. The van der Waals surface area contributed by atoms with Crippen LogP contribution in [0.25, 0.3) is 0 Å². The average Bonchev–Trinajstić information content (AvgIpc) is 2.96. The minimum absolute atomic E-state index is 0.0205. The van der Waals surface area contributed by atoms with Gasteiger partial charge in [-0.3, -0.25) is 9.69 Å². The van der Waals surface area contributed by atoms with E-state index in [9.17, 15) is 9.18 Å². The fourth-order valence-electron chi connectivity index (χ4n) is 3.18. The lowest BCUT2D eigenvalue weighted by molar-refractivity contribution is -0.123. The van der Waals surface area contributed by atoms with Gasteiger partial charge in [-0.2, -0.15) is 0 Å². The highest BCUT2D eigenvalue weighted by Gasteiger charge is 2.30. The van der Waals surface area contributed by atoms with Gasteiger partial charge in [-0.25, -0.2) is 4.39 Å². The van der Waals surface area contributed by atoms with Gasteiger partial charge in [0.05, 0.1) is 12.6 Å². The van der Waals surface area contributed by atoms with Gasteiger partial charge in [0.25, 0.3) is 0 Å². The fourth-order valence-corrected chi connectivity index (χ4v) is 3.18. The van der Waals surface area contributed by atoms with E-state index in [4.69, 9.17) is 0 Å². The molecule has 1 aromatic heterocycles. The summed E-state index contributed by atoms with van der Waals surface area (Å²) in [5.41, 5.74) is 2.14. The summed E-state index contributed by atoms with van der Waals surface area (Å²) in [6, 6.07) is 10.7. The van der Waals surface area contributed by atoms with Crippen LogP contribution >= 0.6 is 0 Å². The lowest BCUT2D eigenvalue weighted by Crippen LogP contribution is -2.45. The molecule has 4 nitrogen and oxygen atoms in total. The van der Waals surface area contributed by atoms with Crippen LogP contribution in [-0.2, 0) is 11.3 Å². The first kappa shape index (κ1) is 15.7. The molecule has 0 bridgehead atoms. The number of carbonyl (C=O) groups is 1. The highest BCUT2D eigenvalue weighted by Crippen LogP contribution is 2.32. The summed E-state index contributed by atoms with van der Waals surface area (Å²) >= 11 is 0. The van der Waals surface area contributed by atoms with Crippen LogP contribution in [0.1, 0.15) is 31.1 Å². The molecule has 0 unspecified atom stereocenters. The van der Waals surface area contributed by atoms with Crippen LogP contribution in [0.4, 0.5) is 4.39 Å². The number of benzene rings is 1. The largest absolute Gasteiger partial charge is 0.353 e. The third-order valence-corrected chi connectivity index (χ3v) is 4.12. The van der Waals surface area contributed by atoms with Crippen molar-refractivity contribution in [3.63, 3.8) is 0 Å². The van der Waals surface area contributed by atoms with E-state index < -0.39 is 0 Å². The quantitative estimate of drug-likeness (QED) is 0.941. The van der Waals surface area contributed by atoms with Crippen molar-refractivity contribution in [2.24, 2.45) is 0 Å². The second kappa shape index (κ2) is 6.54. The molecule has 0 spiro atoms. The summed E-state index contributed by atoms with van der Waals surface area (Å²) in [6.45, 7) is 5.89. The first-order valence-corrected chi connectivity index (χ1v) is 7.98. The van der Waals surface area contributed by atoms with Gasteiger partial charge in [0, 0.05) is 31.0 Å². The van der Waals surface area contributed by atoms with E-state index in [-0.39, 0.29) is 23.8 Å². The Kier molecular flexibility index (Phi) is 4.48. The van der Waals surface area contributed by atoms with Gasteiger partial charge in [-0.05, 0) is 43.7 Å². The first-order valence-electron chi connectivity index (χ1n) is 7.98. The molecule has 0 saturated carbocycles. The Labute approximate surface area is 135 Å². The SMILES string of the molecule is CC(C)NC(=O)CN1CCn2cccc2[C@@H]1c1ccc(F)cc1. The van der Waals surface area contributed by atoms with Crippen molar-refractivity contribution in [3.8, 4) is 0 Å². The molecule has 2 aromatic rings. The van der Waals surface area contributed by atoms with E-state index in [0.717, 1.165) is 24.3 Å². The number of carbonyl (C=O) groups excluding carboxylic acids is 1. The zero-order valence-corrected chi connectivity index (χ0v) is 13.5. The van der Waals surface area contributed by atoms with Crippen LogP contribution in [-0.4, -0.2) is 34.5 Å². The number of amides is 1. The number of halogens is 1. The Hall–Kier alpha value is -2.14. The Balaban J connectivity index is 1.89. The maximum atomic E-state index is 13.3. The number of nitrogens with one attached hydrogen (secondary N) is 1. The van der Waals surface area contributed by atoms with E-state index in [1.165, 1.54) is 12.1 Å². The summed E-state index contributed by atoms with van der Waals surface area (Å²) in [5, 5.41) is 2.94. The van der Waals surface area contributed by atoms with Crippen LogP contribution in [0.2, 0.25) is 0 Å². The molecule has 1 aliphatic heterocycles. The van der Waals surface area contributed by atoms with Gasteiger partial charge in [0.15, 0.2) is 0 Å². The van der Waals surface area contributed by atoms with Crippen LogP contribution in [0, 0.1) is 5.82 Å². The van der Waals surface area contributed by atoms with E-state index in [1.54, 1.807) is 12.1 Å². The standard InChI is InChI=1S/C18H22FN3O/c1-13(2)20-17(23)12-22-11-10-21-9-3-4-16(21)18(22)14-5-7-15(19)8-6-14/h3-9,13,18H,10-12H2,1-2H3,(H,20,23)/t18-/m0/s1. The predicted octanol–water partition coefficient (Wildman–Crippen LogP) is 2.56. The smallest absolute Gasteiger partial charge is 0.234 e. The highest BCUT2D eigenvalue weighted by molar-refractivity contribution is 5.78. The number of hydrogen-bond acceptors (Lipinski definition) is 2. The molecule has 2 heterocycles. The van der Waals surface area contributed by atoms with Gasteiger partial charge in [-0.1, -0.05) is 12.1 Å². The maximum Gasteiger partial charge on any atom is 0.234 e. The van der Waals surface area contributed by atoms with Crippen molar-refractivity contribution in [2.75, 3.05) is 13.1 Å². The Morgan fingerprint density at radius 2 is 2.00 bits per heavy atom. The zero-order chi connectivity index (χ0) is 16.4. The van der Waals surface area contributed by atoms with Crippen molar-refractivity contribution in [1.82, 2.24) is 14.8 Å². The molecule has 1 aromatic carbocycles. The second-order valence-corrected chi connectivity index (χ2v) is 6.27. The molecule has 5 heteroatoms. The van der Waals surface area contributed by atoms with Crippen molar-refractivity contribution in [3.05, 3.63) is 59.7 Å². The van der Waals surface area contributed by atoms with Gasteiger partial charge in [0.2, 0.25) is 5.91 Å². The lowest BCUT2D eigenvalue weighted by Gasteiger charge is -2.37. The second-order valence-electron chi connectivity index (χ2n) is 6.27. The van der Waals surface area contributed by atoms with E-state index in [2.05, 4.69) is 27.0 Å². The molecule has 0 radical (unpaired) electrons. The third kappa shape index (κ3) is 3.45. The van der Waals surface area contributed by atoms with Gasteiger partial charge < -0.3 is 9.88 Å². The van der Waals surface area contributed by atoms with Crippen molar-refractivity contribution in [2.45, 2.75) is 32.5 Å². The van der Waals surface area contributed by atoms with Crippen LogP contribution in [0.3, 0.4) is 0 Å². The Morgan fingerprint density at radius 3 is 2.70 bits per heavy atom. The van der Waals surface area contributed by atoms with Gasteiger partial charge in [0.1, 0.15) is 5.82 Å². The van der Waals surface area contributed by atoms with Crippen LogP contribution in [0.15, 0.2) is 42.6 Å². The normalized spacial score (nSPS) is 18.0. The highest BCUT2D eigenvalue weighted by atomic mass is 19.1. The summed E-state index contributed by atoms with van der Waals surface area (Å²) in [5.74, 6) is -0.226.